The predicted octanol–water partition coefficient (Wildman–Crippen LogP) is -7.29. The van der Waals surface area contributed by atoms with Gasteiger partial charge >= 0.3 is 0 Å². The van der Waals surface area contributed by atoms with Gasteiger partial charge in [-0.05, 0) is 6.42 Å². The maximum atomic E-state index is 10.9. The number of hydrogen-bond acceptors (Lipinski definition) is 15. The van der Waals surface area contributed by atoms with Crippen molar-refractivity contribution in [2.75, 3.05) is 13.2 Å². The van der Waals surface area contributed by atoms with E-state index < -0.39 is 98.4 Å². The first-order valence-electron chi connectivity index (χ1n) is 10.8. The van der Waals surface area contributed by atoms with Gasteiger partial charge in [-0.3, -0.25) is 0 Å². The van der Waals surface area contributed by atoms with Crippen LogP contribution in [0.2, 0.25) is 0 Å². The van der Waals surface area contributed by atoms with Crippen LogP contribution in [-0.2, 0) is 18.9 Å². The number of rotatable bonds is 6. The van der Waals surface area contributed by atoms with Gasteiger partial charge in [-0.15, -0.1) is 0 Å². The Hall–Kier alpha value is -0.600. The van der Waals surface area contributed by atoms with Gasteiger partial charge in [-0.25, -0.2) is 0 Å². The van der Waals surface area contributed by atoms with Crippen LogP contribution < -0.4 is 22.9 Å². The average molecular weight is 485 g/mol. The van der Waals surface area contributed by atoms with Gasteiger partial charge in [0.15, 0.2) is 12.6 Å². The summed E-state index contributed by atoms with van der Waals surface area (Å²) in [7, 11) is 0. The lowest BCUT2D eigenvalue weighted by molar-refractivity contribution is -0.332. The van der Waals surface area contributed by atoms with Crippen molar-refractivity contribution >= 4 is 0 Å². The van der Waals surface area contributed by atoms with E-state index in [9.17, 15) is 35.7 Å². The molecule has 7 unspecified atom stereocenters. The lowest BCUT2D eigenvalue weighted by Gasteiger charge is -2.48. The molecule has 194 valence electrons. The van der Waals surface area contributed by atoms with Crippen LogP contribution in [-0.4, -0.2) is 141 Å². The summed E-state index contributed by atoms with van der Waals surface area (Å²) in [5.74, 6) is 0. The highest BCUT2D eigenvalue weighted by Gasteiger charge is 2.51. The second kappa shape index (κ2) is 11.0. The molecule has 1 saturated carbocycles. The quantitative estimate of drug-likeness (QED) is 0.167. The van der Waals surface area contributed by atoms with Crippen molar-refractivity contribution in [3.8, 4) is 0 Å². The zero-order valence-electron chi connectivity index (χ0n) is 17.9. The van der Waals surface area contributed by atoms with E-state index in [2.05, 4.69) is 0 Å². The zero-order chi connectivity index (χ0) is 24.6. The summed E-state index contributed by atoms with van der Waals surface area (Å²) in [5, 5.41) is 70.9. The van der Waals surface area contributed by atoms with Crippen molar-refractivity contribution in [3.63, 3.8) is 0 Å². The van der Waals surface area contributed by atoms with E-state index in [-0.39, 0.29) is 13.0 Å². The van der Waals surface area contributed by atoms with Crippen LogP contribution in [0.5, 0.6) is 0 Å². The molecular weight excluding hydrogens is 448 g/mol. The molecule has 2 saturated heterocycles. The molecular formula is C18H36N4O11. The van der Waals surface area contributed by atoms with Gasteiger partial charge < -0.3 is 77.6 Å². The van der Waals surface area contributed by atoms with Crippen LogP contribution >= 0.6 is 0 Å². The second-order valence-electron chi connectivity index (χ2n) is 8.79. The molecule has 2 heterocycles. The minimum atomic E-state index is -1.66. The number of ether oxygens (including phenoxy) is 4. The van der Waals surface area contributed by atoms with E-state index in [1.165, 1.54) is 0 Å². The van der Waals surface area contributed by atoms with E-state index in [1.807, 2.05) is 0 Å². The highest BCUT2D eigenvalue weighted by Crippen LogP contribution is 2.31. The topological polar surface area (TPSA) is 283 Å². The normalized spacial score (nSPS) is 53.7. The Morgan fingerprint density at radius 3 is 1.70 bits per heavy atom. The molecule has 15 N–H and O–H groups in total. The Morgan fingerprint density at radius 1 is 0.667 bits per heavy atom. The number of aliphatic hydroxyl groups is 7. The molecule has 3 rings (SSSR count). The van der Waals surface area contributed by atoms with E-state index in [0.717, 1.165) is 0 Å². The molecule has 0 aromatic rings. The van der Waals surface area contributed by atoms with Gasteiger partial charge in [0.1, 0.15) is 61.0 Å². The Balaban J connectivity index is 1.72. The van der Waals surface area contributed by atoms with Gasteiger partial charge in [0.2, 0.25) is 0 Å². The maximum absolute atomic E-state index is 10.9. The highest BCUT2D eigenvalue weighted by atomic mass is 16.7. The Morgan fingerprint density at radius 2 is 1.18 bits per heavy atom. The fraction of sp³-hybridized carbons (Fsp3) is 1.00. The van der Waals surface area contributed by atoms with Crippen molar-refractivity contribution < 1.29 is 54.7 Å². The minimum absolute atomic E-state index is 0.0849. The first kappa shape index (κ1) is 27.0. The molecule has 0 bridgehead atoms. The number of nitrogens with two attached hydrogens (primary N) is 4. The monoisotopic (exact) mass is 484 g/mol. The zero-order valence-corrected chi connectivity index (χ0v) is 17.9. The summed E-state index contributed by atoms with van der Waals surface area (Å²) in [6.07, 6.45) is -16.5. The molecule has 0 aromatic heterocycles. The highest BCUT2D eigenvalue weighted by molar-refractivity contribution is 5.01. The van der Waals surface area contributed by atoms with Crippen LogP contribution in [0.4, 0.5) is 0 Å². The molecule has 15 nitrogen and oxygen atoms in total. The molecule has 0 amide bonds. The smallest absolute Gasteiger partial charge is 0.187 e. The molecule has 1 aliphatic carbocycles. The first-order chi connectivity index (χ1) is 15.5. The third-order valence-electron chi connectivity index (χ3n) is 6.48. The third-order valence-corrected chi connectivity index (χ3v) is 6.48. The summed E-state index contributed by atoms with van der Waals surface area (Å²) in [6.45, 7) is -0.763. The molecule has 33 heavy (non-hydrogen) atoms. The standard InChI is InChI=1S/C18H36N4O11/c19-2-6-10(25)12(27)13(28)18(30-6)33-16-5(21)1-4(20)15(14(16)29)32-17-11(26)8(22)9(24)7(3-23)31-17/h4-18,23-29H,1-3,19-22H2/t4?,5?,6?,7-,8-,9?,10-,11+,12-,13?,14+,15-,16?,17?,18-/m0/s1. The summed E-state index contributed by atoms with van der Waals surface area (Å²) < 4.78 is 22.2. The van der Waals surface area contributed by atoms with Crippen molar-refractivity contribution in [2.24, 2.45) is 22.9 Å². The molecule has 15 heteroatoms. The maximum Gasteiger partial charge on any atom is 0.187 e. The number of hydrogen-bond donors (Lipinski definition) is 11. The molecule has 3 fully saturated rings. The molecule has 0 aromatic carbocycles. The summed E-state index contributed by atoms with van der Waals surface area (Å²) >= 11 is 0. The Labute approximate surface area is 189 Å². The molecule has 2 aliphatic heterocycles. The van der Waals surface area contributed by atoms with Gasteiger partial charge in [0.25, 0.3) is 0 Å². The summed E-state index contributed by atoms with van der Waals surface area (Å²) in [6, 6.07) is -2.86. The van der Waals surface area contributed by atoms with E-state index in [1.54, 1.807) is 0 Å². The van der Waals surface area contributed by atoms with Crippen LogP contribution in [0.1, 0.15) is 6.42 Å². The van der Waals surface area contributed by atoms with Gasteiger partial charge in [-0.1, -0.05) is 0 Å². The number of aliphatic hydroxyl groups excluding tert-OH is 7. The van der Waals surface area contributed by atoms with Crippen LogP contribution in [0.3, 0.4) is 0 Å². The fourth-order valence-corrected chi connectivity index (χ4v) is 4.40. The Kier molecular flexibility index (Phi) is 8.99. The lowest BCUT2D eigenvalue weighted by Crippen LogP contribution is -2.68. The largest absolute Gasteiger partial charge is 0.394 e. The SMILES string of the molecule is NCC1O[C@@H](OC2C(N)CC(N)[C@H](OC3O[C@@H](CO)C(O)[C@H](N)[C@H]3O)[C@H]2O)C(O)[C@@H](O)[C@H]1O. The molecule has 3 aliphatic rings. The molecule has 0 spiro atoms. The van der Waals surface area contributed by atoms with Crippen molar-refractivity contribution in [1.82, 2.24) is 0 Å². The minimum Gasteiger partial charge on any atom is -0.394 e. The van der Waals surface area contributed by atoms with Crippen LogP contribution in [0, 0.1) is 0 Å². The van der Waals surface area contributed by atoms with Gasteiger partial charge in [0, 0.05) is 18.6 Å². The van der Waals surface area contributed by atoms with E-state index in [0.29, 0.717) is 0 Å². The van der Waals surface area contributed by atoms with Crippen molar-refractivity contribution in [2.45, 2.75) is 98.2 Å². The third kappa shape index (κ3) is 5.32. The fourth-order valence-electron chi connectivity index (χ4n) is 4.40. The lowest BCUT2D eigenvalue weighted by atomic mass is 9.84. The first-order valence-corrected chi connectivity index (χ1v) is 10.8. The molecule has 0 radical (unpaired) electrons. The predicted molar refractivity (Wildman–Crippen MR) is 108 cm³/mol. The van der Waals surface area contributed by atoms with Crippen molar-refractivity contribution in [3.05, 3.63) is 0 Å². The van der Waals surface area contributed by atoms with Crippen LogP contribution in [0.15, 0.2) is 0 Å². The molecule has 15 atom stereocenters. The average Bonchev–Trinajstić information content (AvgIpc) is 2.79. The van der Waals surface area contributed by atoms with Crippen LogP contribution in [0.25, 0.3) is 0 Å². The second-order valence-corrected chi connectivity index (χ2v) is 8.79. The van der Waals surface area contributed by atoms with Crippen molar-refractivity contribution in [1.29, 1.82) is 0 Å². The van der Waals surface area contributed by atoms with E-state index in [4.69, 9.17) is 41.9 Å². The van der Waals surface area contributed by atoms with Gasteiger partial charge in [0.05, 0.1) is 12.6 Å². The van der Waals surface area contributed by atoms with E-state index >= 15 is 0 Å². The summed E-state index contributed by atoms with van der Waals surface area (Å²) in [5.41, 5.74) is 23.5. The Bertz CT molecular complexity index is 584. The summed E-state index contributed by atoms with van der Waals surface area (Å²) in [4.78, 5) is 0. The van der Waals surface area contributed by atoms with Gasteiger partial charge in [-0.2, -0.15) is 0 Å².